The summed E-state index contributed by atoms with van der Waals surface area (Å²) in [7, 11) is 0. The second kappa shape index (κ2) is 4.28. The summed E-state index contributed by atoms with van der Waals surface area (Å²) in [5.74, 6) is 1.63. The van der Waals surface area contributed by atoms with Gasteiger partial charge in [0.05, 0.1) is 17.1 Å². The standard InChI is InChI=1S/C14H19N3O/c1-9-11(5-6-18-9)8-17-10(2)16-13-7-12(15)3-4-14(13)17/h3-4,7,9,11H,5-6,8,15H2,1-2H3. The number of nitrogens with zero attached hydrogens (tertiary/aromatic N) is 2. The summed E-state index contributed by atoms with van der Waals surface area (Å²) in [6.45, 7) is 6.07. The highest BCUT2D eigenvalue weighted by Gasteiger charge is 2.25. The number of imidazole rings is 1. The first kappa shape index (κ1) is 11.5. The molecule has 1 saturated heterocycles. The zero-order chi connectivity index (χ0) is 12.7. The van der Waals surface area contributed by atoms with Gasteiger partial charge in [0, 0.05) is 24.8 Å². The maximum Gasteiger partial charge on any atom is 0.106 e. The number of aryl methyl sites for hydroxylation is 1. The Labute approximate surface area is 107 Å². The molecule has 0 spiro atoms. The zero-order valence-electron chi connectivity index (χ0n) is 10.9. The molecule has 4 heteroatoms. The van der Waals surface area contributed by atoms with Crippen LogP contribution < -0.4 is 5.73 Å². The first-order valence-electron chi connectivity index (χ1n) is 6.49. The van der Waals surface area contributed by atoms with Gasteiger partial charge in [-0.2, -0.15) is 0 Å². The van der Waals surface area contributed by atoms with Gasteiger partial charge in [0.25, 0.3) is 0 Å². The quantitative estimate of drug-likeness (QED) is 0.826. The van der Waals surface area contributed by atoms with Crippen molar-refractivity contribution in [1.82, 2.24) is 9.55 Å². The molecule has 1 aromatic carbocycles. The summed E-state index contributed by atoms with van der Waals surface area (Å²) in [6, 6.07) is 5.94. The van der Waals surface area contributed by atoms with Crippen molar-refractivity contribution in [2.75, 3.05) is 12.3 Å². The number of aromatic nitrogens is 2. The normalized spacial score (nSPS) is 23.9. The topological polar surface area (TPSA) is 53.1 Å². The van der Waals surface area contributed by atoms with E-state index in [0.717, 1.165) is 36.6 Å². The Hall–Kier alpha value is -1.55. The van der Waals surface area contributed by atoms with Crippen molar-refractivity contribution in [3.8, 4) is 0 Å². The van der Waals surface area contributed by atoms with Crippen molar-refractivity contribution < 1.29 is 4.74 Å². The van der Waals surface area contributed by atoms with Crippen molar-refractivity contribution in [1.29, 1.82) is 0 Å². The third-order valence-electron chi connectivity index (χ3n) is 3.91. The second-order valence-corrected chi connectivity index (χ2v) is 5.14. The van der Waals surface area contributed by atoms with E-state index in [1.807, 2.05) is 12.1 Å². The van der Waals surface area contributed by atoms with Crippen molar-refractivity contribution in [2.45, 2.75) is 32.9 Å². The van der Waals surface area contributed by atoms with Gasteiger partial charge in [-0.15, -0.1) is 0 Å². The summed E-state index contributed by atoms with van der Waals surface area (Å²) in [5.41, 5.74) is 8.72. The SMILES string of the molecule is Cc1nc2cc(N)ccc2n1CC1CCOC1C. The molecular formula is C14H19N3O. The Morgan fingerprint density at radius 1 is 1.50 bits per heavy atom. The van der Waals surface area contributed by atoms with Crippen LogP contribution in [0.3, 0.4) is 0 Å². The van der Waals surface area contributed by atoms with Gasteiger partial charge in [0.2, 0.25) is 0 Å². The minimum Gasteiger partial charge on any atom is -0.399 e. The lowest BCUT2D eigenvalue weighted by Gasteiger charge is -2.16. The van der Waals surface area contributed by atoms with Gasteiger partial charge in [0.15, 0.2) is 0 Å². The number of fused-ring (bicyclic) bond motifs is 1. The van der Waals surface area contributed by atoms with Crippen LogP contribution in [-0.2, 0) is 11.3 Å². The van der Waals surface area contributed by atoms with Crippen LogP contribution in [-0.4, -0.2) is 22.3 Å². The number of hydrogen-bond acceptors (Lipinski definition) is 3. The fraction of sp³-hybridized carbons (Fsp3) is 0.500. The van der Waals surface area contributed by atoms with Crippen LogP contribution in [0, 0.1) is 12.8 Å². The zero-order valence-corrected chi connectivity index (χ0v) is 10.9. The third kappa shape index (κ3) is 1.86. The van der Waals surface area contributed by atoms with Crippen LogP contribution in [0.4, 0.5) is 5.69 Å². The molecule has 0 amide bonds. The van der Waals surface area contributed by atoms with Crippen LogP contribution in [0.2, 0.25) is 0 Å². The number of hydrogen-bond donors (Lipinski definition) is 1. The molecule has 0 radical (unpaired) electrons. The van der Waals surface area contributed by atoms with E-state index in [-0.39, 0.29) is 0 Å². The van der Waals surface area contributed by atoms with Crippen molar-refractivity contribution >= 4 is 16.7 Å². The molecule has 3 rings (SSSR count). The lowest BCUT2D eigenvalue weighted by atomic mass is 10.0. The molecule has 1 aromatic heterocycles. The molecule has 2 N–H and O–H groups in total. The predicted molar refractivity (Wildman–Crippen MR) is 72.4 cm³/mol. The van der Waals surface area contributed by atoms with Gasteiger partial charge in [-0.05, 0) is 38.5 Å². The highest BCUT2D eigenvalue weighted by Crippen LogP contribution is 2.26. The highest BCUT2D eigenvalue weighted by atomic mass is 16.5. The first-order valence-corrected chi connectivity index (χ1v) is 6.49. The van der Waals surface area contributed by atoms with Crippen molar-refractivity contribution in [3.05, 3.63) is 24.0 Å². The number of nitrogen functional groups attached to an aromatic ring is 1. The van der Waals surface area contributed by atoms with Gasteiger partial charge in [-0.3, -0.25) is 0 Å². The van der Waals surface area contributed by atoms with Crippen LogP contribution in [0.25, 0.3) is 11.0 Å². The Bertz CT molecular complexity index is 576. The first-order chi connectivity index (χ1) is 8.65. The van der Waals surface area contributed by atoms with Gasteiger partial charge in [-0.1, -0.05) is 0 Å². The summed E-state index contributed by atoms with van der Waals surface area (Å²) in [5, 5.41) is 0. The van der Waals surface area contributed by atoms with E-state index in [0.29, 0.717) is 12.0 Å². The monoisotopic (exact) mass is 245 g/mol. The third-order valence-corrected chi connectivity index (χ3v) is 3.91. The second-order valence-electron chi connectivity index (χ2n) is 5.14. The molecule has 1 fully saturated rings. The molecule has 18 heavy (non-hydrogen) atoms. The van der Waals surface area contributed by atoms with E-state index in [2.05, 4.69) is 29.5 Å². The van der Waals surface area contributed by atoms with Crippen molar-refractivity contribution in [2.24, 2.45) is 5.92 Å². The maximum absolute atomic E-state index is 5.80. The maximum atomic E-state index is 5.80. The molecule has 2 heterocycles. The molecular weight excluding hydrogens is 226 g/mol. The fourth-order valence-electron chi connectivity index (χ4n) is 2.75. The molecule has 2 aromatic rings. The Morgan fingerprint density at radius 2 is 2.33 bits per heavy atom. The van der Waals surface area contributed by atoms with Crippen LogP contribution in [0.1, 0.15) is 19.2 Å². The molecule has 2 unspecified atom stereocenters. The molecule has 96 valence electrons. The highest BCUT2D eigenvalue weighted by molar-refractivity contribution is 5.79. The van der Waals surface area contributed by atoms with E-state index in [1.165, 1.54) is 5.52 Å². The molecule has 1 aliphatic heterocycles. The summed E-state index contributed by atoms with van der Waals surface area (Å²) >= 11 is 0. The minimum atomic E-state index is 0.343. The number of nitrogens with two attached hydrogens (primary N) is 1. The summed E-state index contributed by atoms with van der Waals surface area (Å²) in [6.07, 6.45) is 1.48. The van der Waals surface area contributed by atoms with Crippen LogP contribution >= 0.6 is 0 Å². The Morgan fingerprint density at radius 3 is 3.06 bits per heavy atom. The molecule has 0 bridgehead atoms. The van der Waals surface area contributed by atoms with E-state index in [1.54, 1.807) is 0 Å². The van der Waals surface area contributed by atoms with E-state index >= 15 is 0 Å². The summed E-state index contributed by atoms with van der Waals surface area (Å²) in [4.78, 5) is 4.58. The van der Waals surface area contributed by atoms with Crippen molar-refractivity contribution in [3.63, 3.8) is 0 Å². The van der Waals surface area contributed by atoms with Gasteiger partial charge in [0.1, 0.15) is 5.82 Å². The molecule has 2 atom stereocenters. The minimum absolute atomic E-state index is 0.343. The largest absolute Gasteiger partial charge is 0.399 e. The number of benzene rings is 1. The summed E-state index contributed by atoms with van der Waals surface area (Å²) < 4.78 is 7.91. The van der Waals surface area contributed by atoms with Gasteiger partial charge >= 0.3 is 0 Å². The van der Waals surface area contributed by atoms with Gasteiger partial charge in [-0.25, -0.2) is 4.98 Å². The van der Waals surface area contributed by atoms with Gasteiger partial charge < -0.3 is 15.0 Å². The lowest BCUT2D eigenvalue weighted by Crippen LogP contribution is -2.18. The molecule has 0 aliphatic carbocycles. The average molecular weight is 245 g/mol. The average Bonchev–Trinajstić information content (AvgIpc) is 2.85. The number of anilines is 1. The Balaban J connectivity index is 1.98. The van der Waals surface area contributed by atoms with E-state index < -0.39 is 0 Å². The molecule has 4 nitrogen and oxygen atoms in total. The Kier molecular flexibility index (Phi) is 2.74. The van der Waals surface area contributed by atoms with E-state index in [4.69, 9.17) is 10.5 Å². The fourth-order valence-corrected chi connectivity index (χ4v) is 2.75. The van der Waals surface area contributed by atoms with Crippen LogP contribution in [0.5, 0.6) is 0 Å². The predicted octanol–water partition coefficient (Wildman–Crippen LogP) is 2.35. The van der Waals surface area contributed by atoms with Crippen LogP contribution in [0.15, 0.2) is 18.2 Å². The molecule has 1 aliphatic rings. The smallest absolute Gasteiger partial charge is 0.106 e. The number of rotatable bonds is 2. The number of ether oxygens (including phenoxy) is 1. The van der Waals surface area contributed by atoms with E-state index in [9.17, 15) is 0 Å². The lowest BCUT2D eigenvalue weighted by molar-refractivity contribution is 0.102. The molecule has 0 saturated carbocycles.